The Kier molecular flexibility index (Phi) is 2.84. The zero-order valence-corrected chi connectivity index (χ0v) is 8.57. The van der Waals surface area contributed by atoms with Gasteiger partial charge in [-0.25, -0.2) is 0 Å². The van der Waals surface area contributed by atoms with Gasteiger partial charge in [0.2, 0.25) is 0 Å². The minimum Gasteiger partial charge on any atom is -0.381 e. The Labute approximate surface area is 84.0 Å². The molecule has 1 atom stereocenters. The Bertz CT molecular complexity index is 302. The summed E-state index contributed by atoms with van der Waals surface area (Å²) in [4.78, 5) is 0. The van der Waals surface area contributed by atoms with Crippen molar-refractivity contribution in [3.63, 3.8) is 0 Å². The van der Waals surface area contributed by atoms with Crippen LogP contribution in [0.2, 0.25) is 0 Å². The van der Waals surface area contributed by atoms with Crippen LogP contribution >= 0.6 is 0 Å². The summed E-state index contributed by atoms with van der Waals surface area (Å²) < 4.78 is 7.32. The van der Waals surface area contributed by atoms with Crippen LogP contribution in [0, 0.1) is 12.8 Å². The zero-order chi connectivity index (χ0) is 9.97. The van der Waals surface area contributed by atoms with Gasteiger partial charge < -0.3 is 10.5 Å². The molecule has 1 unspecified atom stereocenters. The summed E-state index contributed by atoms with van der Waals surface area (Å²) >= 11 is 0. The molecule has 0 amide bonds. The summed E-state index contributed by atoms with van der Waals surface area (Å²) in [7, 11) is 0. The topological polar surface area (TPSA) is 53.1 Å². The molecule has 0 spiro atoms. The fraction of sp³-hybridized carbons (Fsp3) is 0.700. The van der Waals surface area contributed by atoms with Crippen molar-refractivity contribution in [2.75, 3.05) is 13.2 Å². The van der Waals surface area contributed by atoms with E-state index in [0.29, 0.717) is 12.5 Å². The number of rotatable bonds is 3. The molecular formula is C10H17N3O. The second-order valence-electron chi connectivity index (χ2n) is 3.91. The summed E-state index contributed by atoms with van der Waals surface area (Å²) in [5.74, 6) is 0.625. The van der Waals surface area contributed by atoms with E-state index < -0.39 is 0 Å². The van der Waals surface area contributed by atoms with Gasteiger partial charge in [0.25, 0.3) is 0 Å². The minimum absolute atomic E-state index is 0.528. The molecule has 1 aromatic heterocycles. The Hall–Kier alpha value is -0.870. The SMILES string of the molecule is Cc1cn(CC2CCOC2)nc1CN. The highest BCUT2D eigenvalue weighted by molar-refractivity contribution is 5.14. The first-order valence-corrected chi connectivity index (χ1v) is 5.10. The van der Waals surface area contributed by atoms with Crippen molar-refractivity contribution in [1.82, 2.24) is 9.78 Å². The van der Waals surface area contributed by atoms with E-state index in [-0.39, 0.29) is 0 Å². The van der Waals surface area contributed by atoms with Crippen molar-refractivity contribution < 1.29 is 4.74 Å². The van der Waals surface area contributed by atoms with Crippen LogP contribution in [-0.4, -0.2) is 23.0 Å². The number of hydrogen-bond donors (Lipinski definition) is 1. The molecule has 0 bridgehead atoms. The molecule has 1 aromatic rings. The standard InChI is InChI=1S/C10H17N3O/c1-8-5-13(12-10(8)4-11)6-9-2-3-14-7-9/h5,9H,2-4,6-7,11H2,1H3. The lowest BCUT2D eigenvalue weighted by Crippen LogP contribution is -2.11. The first-order chi connectivity index (χ1) is 6.79. The molecule has 1 aliphatic heterocycles. The van der Waals surface area contributed by atoms with E-state index in [1.54, 1.807) is 0 Å². The van der Waals surface area contributed by atoms with E-state index in [1.165, 1.54) is 5.56 Å². The van der Waals surface area contributed by atoms with Gasteiger partial charge in [0.05, 0.1) is 12.3 Å². The largest absolute Gasteiger partial charge is 0.381 e. The van der Waals surface area contributed by atoms with Crippen LogP contribution in [0.3, 0.4) is 0 Å². The summed E-state index contributed by atoms with van der Waals surface area (Å²) in [6.07, 6.45) is 3.22. The molecular weight excluding hydrogens is 178 g/mol. The molecule has 4 heteroatoms. The van der Waals surface area contributed by atoms with Gasteiger partial charge in [-0.05, 0) is 18.9 Å². The molecule has 0 radical (unpaired) electrons. The van der Waals surface area contributed by atoms with Crippen LogP contribution in [0.5, 0.6) is 0 Å². The third-order valence-corrected chi connectivity index (χ3v) is 2.71. The molecule has 4 nitrogen and oxygen atoms in total. The maximum Gasteiger partial charge on any atom is 0.0789 e. The molecule has 1 aliphatic rings. The Balaban J connectivity index is 2.01. The predicted octanol–water partition coefficient (Wildman–Crippen LogP) is 0.687. The third kappa shape index (κ3) is 1.96. The van der Waals surface area contributed by atoms with Gasteiger partial charge in [-0.1, -0.05) is 0 Å². The van der Waals surface area contributed by atoms with Crippen LogP contribution in [0.25, 0.3) is 0 Å². The van der Waals surface area contributed by atoms with E-state index in [1.807, 2.05) is 4.68 Å². The van der Waals surface area contributed by atoms with Crippen molar-refractivity contribution >= 4 is 0 Å². The number of nitrogens with zero attached hydrogens (tertiary/aromatic N) is 2. The number of aryl methyl sites for hydroxylation is 1. The van der Waals surface area contributed by atoms with Crippen LogP contribution in [0.15, 0.2) is 6.20 Å². The monoisotopic (exact) mass is 195 g/mol. The van der Waals surface area contributed by atoms with Gasteiger partial charge in [0.15, 0.2) is 0 Å². The molecule has 2 rings (SSSR count). The summed E-state index contributed by atoms with van der Waals surface area (Å²) in [5, 5.41) is 4.43. The number of hydrogen-bond acceptors (Lipinski definition) is 3. The van der Waals surface area contributed by atoms with Gasteiger partial charge in [0.1, 0.15) is 0 Å². The van der Waals surface area contributed by atoms with Crippen molar-refractivity contribution in [3.05, 3.63) is 17.5 Å². The lowest BCUT2D eigenvalue weighted by molar-refractivity contribution is 0.181. The number of ether oxygens (including phenoxy) is 1. The average Bonchev–Trinajstić information content (AvgIpc) is 2.76. The van der Waals surface area contributed by atoms with Gasteiger partial charge in [0, 0.05) is 31.8 Å². The van der Waals surface area contributed by atoms with Crippen molar-refractivity contribution in [2.45, 2.75) is 26.4 Å². The second kappa shape index (κ2) is 4.11. The van der Waals surface area contributed by atoms with Gasteiger partial charge in [-0.2, -0.15) is 5.10 Å². The molecule has 14 heavy (non-hydrogen) atoms. The lowest BCUT2D eigenvalue weighted by atomic mass is 10.1. The first-order valence-electron chi connectivity index (χ1n) is 5.10. The van der Waals surface area contributed by atoms with Crippen LogP contribution in [0.4, 0.5) is 0 Å². The average molecular weight is 195 g/mol. The molecule has 0 saturated carbocycles. The Morgan fingerprint density at radius 2 is 2.57 bits per heavy atom. The van der Waals surface area contributed by atoms with E-state index in [4.69, 9.17) is 10.5 Å². The number of aromatic nitrogens is 2. The zero-order valence-electron chi connectivity index (χ0n) is 8.57. The summed E-state index contributed by atoms with van der Waals surface area (Å²) in [5.41, 5.74) is 7.76. The second-order valence-corrected chi connectivity index (χ2v) is 3.91. The molecule has 0 aliphatic carbocycles. The molecule has 1 fully saturated rings. The highest BCUT2D eigenvalue weighted by Gasteiger charge is 2.16. The van der Waals surface area contributed by atoms with Gasteiger partial charge in [-0.15, -0.1) is 0 Å². The van der Waals surface area contributed by atoms with Crippen LogP contribution in [-0.2, 0) is 17.8 Å². The van der Waals surface area contributed by atoms with Crippen molar-refractivity contribution in [1.29, 1.82) is 0 Å². The quantitative estimate of drug-likeness (QED) is 0.772. The van der Waals surface area contributed by atoms with Crippen molar-refractivity contribution in [2.24, 2.45) is 11.7 Å². The van der Waals surface area contributed by atoms with E-state index in [9.17, 15) is 0 Å². The highest BCUT2D eigenvalue weighted by atomic mass is 16.5. The maximum atomic E-state index is 5.57. The van der Waals surface area contributed by atoms with Gasteiger partial charge in [-0.3, -0.25) is 4.68 Å². The predicted molar refractivity (Wildman–Crippen MR) is 53.8 cm³/mol. The molecule has 2 N–H and O–H groups in total. The minimum atomic E-state index is 0.528. The molecule has 78 valence electrons. The smallest absolute Gasteiger partial charge is 0.0789 e. The highest BCUT2D eigenvalue weighted by Crippen LogP contribution is 2.15. The fourth-order valence-electron chi connectivity index (χ4n) is 1.85. The van der Waals surface area contributed by atoms with E-state index in [2.05, 4.69) is 18.2 Å². The Morgan fingerprint density at radius 3 is 3.14 bits per heavy atom. The summed E-state index contributed by atoms with van der Waals surface area (Å²) in [6, 6.07) is 0. The Morgan fingerprint density at radius 1 is 1.71 bits per heavy atom. The molecule has 1 saturated heterocycles. The lowest BCUT2D eigenvalue weighted by Gasteiger charge is -2.06. The van der Waals surface area contributed by atoms with E-state index in [0.717, 1.165) is 31.9 Å². The molecule has 2 heterocycles. The maximum absolute atomic E-state index is 5.57. The van der Waals surface area contributed by atoms with Gasteiger partial charge >= 0.3 is 0 Å². The normalized spacial score (nSPS) is 21.7. The van der Waals surface area contributed by atoms with Crippen molar-refractivity contribution in [3.8, 4) is 0 Å². The van der Waals surface area contributed by atoms with Crippen LogP contribution in [0.1, 0.15) is 17.7 Å². The fourth-order valence-corrected chi connectivity index (χ4v) is 1.85. The first kappa shape index (κ1) is 9.68. The third-order valence-electron chi connectivity index (χ3n) is 2.71. The molecule has 0 aromatic carbocycles. The number of nitrogens with two attached hydrogens (primary N) is 1. The van der Waals surface area contributed by atoms with Crippen LogP contribution < -0.4 is 5.73 Å². The van der Waals surface area contributed by atoms with E-state index >= 15 is 0 Å². The summed E-state index contributed by atoms with van der Waals surface area (Å²) in [6.45, 7) is 5.31.